The van der Waals surface area contributed by atoms with E-state index in [1.54, 1.807) is 0 Å². The van der Waals surface area contributed by atoms with E-state index < -0.39 is 28.0 Å². The highest BCUT2D eigenvalue weighted by atomic mass is 35.5. The molecule has 1 spiro atoms. The molecule has 6 rings (SSSR count). The molecule has 2 N–H and O–H groups in total. The molecule has 4 aliphatic rings. The third-order valence-electron chi connectivity index (χ3n) is 7.39. The minimum absolute atomic E-state index is 0.0170. The number of rotatable bonds is 4. The van der Waals surface area contributed by atoms with E-state index >= 15 is 0 Å². The third kappa shape index (κ3) is 3.08. The van der Waals surface area contributed by atoms with Gasteiger partial charge in [-0.1, -0.05) is 17.7 Å². The number of alkyl halides is 2. The smallest absolute Gasteiger partial charge is 0.331 e. The van der Waals surface area contributed by atoms with E-state index in [4.69, 9.17) is 11.6 Å². The van der Waals surface area contributed by atoms with Gasteiger partial charge in [0.15, 0.2) is 0 Å². The van der Waals surface area contributed by atoms with Crippen molar-refractivity contribution in [3.8, 4) is 0 Å². The maximum atomic E-state index is 14.3. The molecule has 32 heavy (non-hydrogen) atoms. The molecule has 2 aliphatic carbocycles. The first-order chi connectivity index (χ1) is 15.2. The van der Waals surface area contributed by atoms with E-state index in [1.807, 2.05) is 17.0 Å². The summed E-state index contributed by atoms with van der Waals surface area (Å²) >= 11 is 6.15. The lowest BCUT2D eigenvalue weighted by molar-refractivity contribution is 0.104. The van der Waals surface area contributed by atoms with E-state index in [0.29, 0.717) is 18.8 Å². The van der Waals surface area contributed by atoms with Crippen LogP contribution >= 0.6 is 11.6 Å². The van der Waals surface area contributed by atoms with Crippen LogP contribution in [0.15, 0.2) is 23.1 Å². The minimum atomic E-state index is -3.36. The maximum absolute atomic E-state index is 14.3. The van der Waals surface area contributed by atoms with Gasteiger partial charge in [0.05, 0.1) is 24.3 Å². The molecule has 2 aromatic rings. The maximum Gasteiger partial charge on any atom is 0.331 e. The molecule has 1 atom stereocenters. The fraction of sp³-hybridized carbons (Fsp3) is 0.545. The molecule has 170 valence electrons. The molecule has 2 fully saturated rings. The van der Waals surface area contributed by atoms with Gasteiger partial charge >= 0.3 is 5.25 Å². The zero-order valence-electron chi connectivity index (χ0n) is 17.3. The van der Waals surface area contributed by atoms with Crippen LogP contribution in [-0.2, 0) is 30.1 Å². The second-order valence-corrected chi connectivity index (χ2v) is 11.7. The van der Waals surface area contributed by atoms with Crippen molar-refractivity contribution in [1.29, 1.82) is 0 Å². The fourth-order valence-corrected chi connectivity index (χ4v) is 6.91. The van der Waals surface area contributed by atoms with Crippen molar-refractivity contribution < 1.29 is 18.1 Å². The van der Waals surface area contributed by atoms with Gasteiger partial charge < -0.3 is 15.3 Å². The molecule has 1 aromatic heterocycles. The highest BCUT2D eigenvalue weighted by Crippen LogP contribution is 2.48. The van der Waals surface area contributed by atoms with Gasteiger partial charge in [-0.3, -0.25) is 0 Å². The van der Waals surface area contributed by atoms with Crippen LogP contribution in [0.1, 0.15) is 36.1 Å². The number of aliphatic hydroxyl groups excluding tert-OH is 1. The van der Waals surface area contributed by atoms with Gasteiger partial charge in [-0.25, -0.2) is 9.19 Å². The molecule has 6 nitrogen and oxygen atoms in total. The summed E-state index contributed by atoms with van der Waals surface area (Å²) in [5, 5.41) is 10.4. The summed E-state index contributed by atoms with van der Waals surface area (Å²) in [6.07, 6.45) is 3.58. The second kappa shape index (κ2) is 6.84. The topological polar surface area (TPSA) is 78.4 Å². The van der Waals surface area contributed by atoms with Crippen molar-refractivity contribution >= 4 is 34.2 Å². The van der Waals surface area contributed by atoms with Crippen molar-refractivity contribution in [3.05, 3.63) is 40.0 Å². The molecular weight excluding hydrogens is 458 g/mol. The standard InChI is InChI=1S/C22H23ClF2N4O2S/c23-15-3-2-13-7-20(8-14(13)6-15)10-29(11-20)19-26-16-9-22(24,25)32(31)17(16)18(27-19)28-21(12-30)4-1-5-21/h2-3,6,30H,1,4-5,7-12H2,(H,26,27,28)/t32-/m0/s1. The number of nitrogens with one attached hydrogen (secondary N) is 1. The number of hydrogen-bond acceptors (Lipinski definition) is 6. The third-order valence-corrected chi connectivity index (χ3v) is 9.11. The van der Waals surface area contributed by atoms with Gasteiger partial charge in [-0.2, -0.15) is 13.8 Å². The quantitative estimate of drug-likeness (QED) is 0.699. The highest BCUT2D eigenvalue weighted by Gasteiger charge is 2.52. The SMILES string of the molecule is O=[S@]1c2c(nc(N3CC4(Cc5ccc(Cl)cc5C4)C3)nc2NC2(CO)CCC2)CC1(F)F. The summed E-state index contributed by atoms with van der Waals surface area (Å²) in [7, 11) is -2.51. The van der Waals surface area contributed by atoms with E-state index in [1.165, 1.54) is 11.1 Å². The molecule has 0 unspecified atom stereocenters. The molecule has 0 bridgehead atoms. The molecule has 10 heteroatoms. The van der Waals surface area contributed by atoms with Crippen molar-refractivity contribution in [3.63, 3.8) is 0 Å². The monoisotopic (exact) mass is 480 g/mol. The lowest BCUT2D eigenvalue weighted by atomic mass is 9.77. The number of fused-ring (bicyclic) bond motifs is 2. The Morgan fingerprint density at radius 2 is 1.91 bits per heavy atom. The van der Waals surface area contributed by atoms with E-state index in [-0.39, 0.29) is 28.4 Å². The van der Waals surface area contributed by atoms with Gasteiger partial charge in [0.2, 0.25) is 5.95 Å². The predicted octanol–water partition coefficient (Wildman–Crippen LogP) is 3.32. The zero-order valence-corrected chi connectivity index (χ0v) is 18.9. The highest BCUT2D eigenvalue weighted by molar-refractivity contribution is 7.86. The van der Waals surface area contributed by atoms with Gasteiger partial charge in [-0.15, -0.1) is 0 Å². The summed E-state index contributed by atoms with van der Waals surface area (Å²) in [6, 6.07) is 6.01. The Bertz CT molecular complexity index is 1150. The summed E-state index contributed by atoms with van der Waals surface area (Å²) in [5.74, 6) is 0.560. The van der Waals surface area contributed by atoms with Gasteiger partial charge in [0.25, 0.3) is 0 Å². The molecule has 2 aliphatic heterocycles. The van der Waals surface area contributed by atoms with Crippen LogP contribution in [-0.4, -0.2) is 49.8 Å². The lowest BCUT2D eigenvalue weighted by Crippen LogP contribution is -2.58. The first kappa shape index (κ1) is 20.7. The second-order valence-electron chi connectivity index (χ2n) is 9.77. The van der Waals surface area contributed by atoms with Crippen molar-refractivity contribution in [2.75, 3.05) is 29.9 Å². The van der Waals surface area contributed by atoms with Crippen LogP contribution in [0.5, 0.6) is 0 Å². The summed E-state index contributed by atoms with van der Waals surface area (Å²) in [6.45, 7) is 1.32. The van der Waals surface area contributed by atoms with E-state index in [0.717, 1.165) is 37.4 Å². The van der Waals surface area contributed by atoms with Crippen LogP contribution in [0.4, 0.5) is 20.5 Å². The first-order valence-electron chi connectivity index (χ1n) is 10.8. The van der Waals surface area contributed by atoms with Crippen molar-refractivity contribution in [2.24, 2.45) is 5.41 Å². The average molecular weight is 481 g/mol. The van der Waals surface area contributed by atoms with Crippen LogP contribution in [0.2, 0.25) is 5.02 Å². The van der Waals surface area contributed by atoms with Crippen LogP contribution < -0.4 is 10.2 Å². The number of aliphatic hydroxyl groups is 1. The molecule has 0 amide bonds. The Hall–Kier alpha value is -1.84. The molecule has 3 heterocycles. The Kier molecular flexibility index (Phi) is 4.43. The Labute approximate surface area is 191 Å². The summed E-state index contributed by atoms with van der Waals surface area (Å²) < 4.78 is 41.1. The van der Waals surface area contributed by atoms with E-state index in [2.05, 4.69) is 21.4 Å². The number of halogens is 3. The summed E-state index contributed by atoms with van der Waals surface area (Å²) in [4.78, 5) is 11.0. The molecule has 0 radical (unpaired) electrons. The van der Waals surface area contributed by atoms with Crippen molar-refractivity contribution in [1.82, 2.24) is 9.97 Å². The Morgan fingerprint density at radius 3 is 2.59 bits per heavy atom. The fourth-order valence-electron chi connectivity index (χ4n) is 5.54. The Balaban J connectivity index is 1.30. The van der Waals surface area contributed by atoms with Crippen LogP contribution in [0.3, 0.4) is 0 Å². The van der Waals surface area contributed by atoms with Gasteiger partial charge in [0, 0.05) is 23.5 Å². The number of hydrogen-bond donors (Lipinski definition) is 2. The summed E-state index contributed by atoms with van der Waals surface area (Å²) in [5.41, 5.74) is 2.19. The molecule has 1 saturated heterocycles. The number of aromatic nitrogens is 2. The van der Waals surface area contributed by atoms with Crippen molar-refractivity contribution in [2.45, 2.75) is 54.2 Å². The molecule has 1 aromatic carbocycles. The zero-order chi connectivity index (χ0) is 22.3. The number of nitrogens with zero attached hydrogens (tertiary/aromatic N) is 3. The van der Waals surface area contributed by atoms with Gasteiger partial charge in [0.1, 0.15) is 21.5 Å². The average Bonchev–Trinajstić information content (AvgIpc) is 3.18. The van der Waals surface area contributed by atoms with Crippen LogP contribution in [0.25, 0.3) is 0 Å². The minimum Gasteiger partial charge on any atom is -0.394 e. The van der Waals surface area contributed by atoms with Crippen LogP contribution in [0, 0.1) is 5.41 Å². The first-order valence-corrected chi connectivity index (χ1v) is 12.4. The Morgan fingerprint density at radius 1 is 1.16 bits per heavy atom. The van der Waals surface area contributed by atoms with E-state index in [9.17, 15) is 18.1 Å². The predicted molar refractivity (Wildman–Crippen MR) is 118 cm³/mol. The largest absolute Gasteiger partial charge is 0.394 e. The normalized spacial score (nSPS) is 25.8. The molecule has 1 saturated carbocycles. The number of anilines is 2. The number of benzene rings is 1. The lowest BCUT2D eigenvalue weighted by Gasteiger charge is -2.48. The van der Waals surface area contributed by atoms with Gasteiger partial charge in [-0.05, 0) is 55.4 Å². The molecular formula is C22H23ClF2N4O2S.